The predicted octanol–water partition coefficient (Wildman–Crippen LogP) is 7.96. The van der Waals surface area contributed by atoms with E-state index in [1.165, 1.54) is 5.39 Å². The molecular formula is C30H22ClN3O2S. The number of methoxy groups -OCH3 is 1. The number of halogens is 1. The summed E-state index contributed by atoms with van der Waals surface area (Å²) in [5, 5.41) is 9.61. The fraction of sp³-hybridized carbons (Fsp3) is 0.100. The van der Waals surface area contributed by atoms with Gasteiger partial charge in [-0.25, -0.2) is 5.01 Å². The van der Waals surface area contributed by atoms with Crippen LogP contribution >= 0.6 is 23.4 Å². The minimum atomic E-state index is -0.267. The van der Waals surface area contributed by atoms with E-state index in [-0.39, 0.29) is 11.3 Å². The fourth-order valence-electron chi connectivity index (χ4n) is 4.63. The largest absolute Gasteiger partial charge is 0.497 e. The van der Waals surface area contributed by atoms with Gasteiger partial charge in [0.1, 0.15) is 5.75 Å². The van der Waals surface area contributed by atoms with Gasteiger partial charge in [-0.3, -0.25) is 4.79 Å². The highest BCUT2D eigenvalue weighted by Crippen LogP contribution is 2.40. The normalized spacial score (nSPS) is 18.4. The van der Waals surface area contributed by atoms with Gasteiger partial charge in [-0.2, -0.15) is 10.1 Å². The molecule has 2 aliphatic heterocycles. The maximum atomic E-state index is 12.5. The first kappa shape index (κ1) is 23.5. The van der Waals surface area contributed by atoms with Crippen molar-refractivity contribution in [2.75, 3.05) is 7.11 Å². The van der Waals surface area contributed by atoms with Crippen LogP contribution in [0, 0.1) is 0 Å². The van der Waals surface area contributed by atoms with E-state index in [4.69, 9.17) is 21.4 Å². The second-order valence-electron chi connectivity index (χ2n) is 8.78. The lowest BCUT2D eigenvalue weighted by atomic mass is 9.97. The van der Waals surface area contributed by atoms with E-state index in [0.717, 1.165) is 50.2 Å². The van der Waals surface area contributed by atoms with E-state index in [1.54, 1.807) is 7.11 Å². The number of carbonyl (C=O) groups is 1. The quantitative estimate of drug-likeness (QED) is 0.272. The molecule has 0 bridgehead atoms. The van der Waals surface area contributed by atoms with Crippen molar-refractivity contribution >= 4 is 57.0 Å². The first-order chi connectivity index (χ1) is 18.1. The van der Waals surface area contributed by atoms with Crippen molar-refractivity contribution in [2.45, 2.75) is 12.5 Å². The van der Waals surface area contributed by atoms with Crippen LogP contribution in [0.15, 0.2) is 106 Å². The lowest BCUT2D eigenvalue weighted by Crippen LogP contribution is -2.26. The number of rotatable bonds is 4. The number of aliphatic imine (C=N–C) groups is 1. The van der Waals surface area contributed by atoms with E-state index < -0.39 is 0 Å². The lowest BCUT2D eigenvalue weighted by Gasteiger charge is -2.24. The van der Waals surface area contributed by atoms with Crippen LogP contribution in [0.25, 0.3) is 16.8 Å². The van der Waals surface area contributed by atoms with Gasteiger partial charge in [0.05, 0.1) is 23.8 Å². The molecule has 182 valence electrons. The molecule has 7 heteroatoms. The number of ether oxygens (including phenoxy) is 1. The topological polar surface area (TPSA) is 54.3 Å². The summed E-state index contributed by atoms with van der Waals surface area (Å²) in [6.07, 6.45) is 2.58. The maximum Gasteiger partial charge on any atom is 0.311 e. The Bertz CT molecular complexity index is 1610. The van der Waals surface area contributed by atoms with Gasteiger partial charge in [-0.1, -0.05) is 78.3 Å². The average molecular weight is 524 g/mol. The Balaban J connectivity index is 1.44. The summed E-state index contributed by atoms with van der Waals surface area (Å²) in [6, 6.07) is 30.1. The minimum absolute atomic E-state index is 0.132. The van der Waals surface area contributed by atoms with Crippen molar-refractivity contribution in [1.29, 1.82) is 0 Å². The number of carbonyl (C=O) groups excluding carboxylic acids is 1. The number of thioether (sulfide) groups is 1. The molecule has 37 heavy (non-hydrogen) atoms. The SMILES string of the molecule is COc1ccc([C@@H]2CC(c3ccc4ccccc4c3)=NN2C2=NC(=O)S/C2=C\c2ccccc2Cl)cc1. The van der Waals surface area contributed by atoms with Crippen LogP contribution in [0.3, 0.4) is 0 Å². The molecule has 0 fully saturated rings. The predicted molar refractivity (Wildman–Crippen MR) is 153 cm³/mol. The van der Waals surface area contributed by atoms with Crippen LogP contribution in [-0.2, 0) is 0 Å². The number of hydrogen-bond acceptors (Lipinski definition) is 5. The Hall–Kier alpha value is -3.87. The summed E-state index contributed by atoms with van der Waals surface area (Å²) < 4.78 is 5.36. The molecule has 0 saturated carbocycles. The highest BCUT2D eigenvalue weighted by atomic mass is 35.5. The number of fused-ring (bicyclic) bond motifs is 1. The third-order valence-electron chi connectivity index (χ3n) is 6.52. The summed E-state index contributed by atoms with van der Waals surface area (Å²) in [7, 11) is 1.65. The molecule has 6 rings (SSSR count). The molecule has 0 N–H and O–H groups in total. The number of nitrogens with zero attached hydrogens (tertiary/aromatic N) is 3. The van der Waals surface area contributed by atoms with Crippen LogP contribution in [0.1, 0.15) is 29.2 Å². The van der Waals surface area contributed by atoms with Gasteiger partial charge < -0.3 is 4.74 Å². The van der Waals surface area contributed by atoms with Crippen molar-refractivity contribution in [1.82, 2.24) is 5.01 Å². The van der Waals surface area contributed by atoms with Crippen LogP contribution in [0.4, 0.5) is 4.79 Å². The van der Waals surface area contributed by atoms with Gasteiger partial charge in [0.15, 0.2) is 5.84 Å². The van der Waals surface area contributed by atoms with Gasteiger partial charge in [0.25, 0.3) is 0 Å². The molecule has 1 amide bonds. The van der Waals surface area contributed by atoms with Gasteiger partial charge in [-0.15, -0.1) is 0 Å². The molecule has 5 nitrogen and oxygen atoms in total. The Labute approximate surface area is 224 Å². The first-order valence-corrected chi connectivity index (χ1v) is 13.1. The Morgan fingerprint density at radius 2 is 1.73 bits per heavy atom. The van der Waals surface area contributed by atoms with Crippen LogP contribution < -0.4 is 4.74 Å². The molecule has 0 radical (unpaired) electrons. The molecule has 0 unspecified atom stereocenters. The Kier molecular flexibility index (Phi) is 6.28. The van der Waals surface area contributed by atoms with E-state index in [1.807, 2.05) is 71.7 Å². The van der Waals surface area contributed by atoms with Crippen molar-refractivity contribution in [2.24, 2.45) is 10.1 Å². The summed E-state index contributed by atoms with van der Waals surface area (Å²) in [5.41, 5.74) is 3.88. The standard InChI is InChI=1S/C30H22ClN3O2S/c1-36-24-14-12-20(13-15-24)27-18-26(23-11-10-19-6-2-3-7-21(19)16-23)33-34(27)29-28(37-30(35)32-29)17-22-8-4-5-9-25(22)31/h2-17,27H,18H2,1H3/b28-17-/t27-/m0/s1. The van der Waals surface area contributed by atoms with Crippen molar-refractivity contribution in [3.8, 4) is 5.75 Å². The monoisotopic (exact) mass is 523 g/mol. The summed E-state index contributed by atoms with van der Waals surface area (Å²) in [6.45, 7) is 0. The Morgan fingerprint density at radius 1 is 0.973 bits per heavy atom. The maximum absolute atomic E-state index is 12.5. The molecule has 2 heterocycles. The second-order valence-corrected chi connectivity index (χ2v) is 10.2. The number of amidine groups is 1. The Morgan fingerprint density at radius 3 is 2.51 bits per heavy atom. The van der Waals surface area contributed by atoms with E-state index in [9.17, 15) is 4.79 Å². The van der Waals surface area contributed by atoms with Crippen molar-refractivity contribution in [3.63, 3.8) is 0 Å². The zero-order valence-corrected chi connectivity index (χ0v) is 21.5. The average Bonchev–Trinajstić information content (AvgIpc) is 3.53. The highest BCUT2D eigenvalue weighted by molar-refractivity contribution is 8.18. The van der Waals surface area contributed by atoms with Crippen LogP contribution in [-0.4, -0.2) is 28.9 Å². The molecule has 4 aromatic rings. The summed E-state index contributed by atoms with van der Waals surface area (Å²) in [4.78, 5) is 17.6. The van der Waals surface area contributed by atoms with Crippen LogP contribution in [0.2, 0.25) is 5.02 Å². The van der Waals surface area contributed by atoms with Crippen LogP contribution in [0.5, 0.6) is 5.75 Å². The number of hydrazone groups is 1. The zero-order valence-electron chi connectivity index (χ0n) is 20.0. The van der Waals surface area contributed by atoms with Gasteiger partial charge in [0.2, 0.25) is 0 Å². The molecular weight excluding hydrogens is 502 g/mol. The molecule has 0 spiro atoms. The second kappa shape index (κ2) is 9.88. The van der Waals surface area contributed by atoms with Gasteiger partial charge >= 0.3 is 5.24 Å². The molecule has 0 aliphatic carbocycles. The number of hydrogen-bond donors (Lipinski definition) is 0. The molecule has 4 aromatic carbocycles. The van der Waals surface area contributed by atoms with E-state index in [2.05, 4.69) is 35.3 Å². The summed E-state index contributed by atoms with van der Waals surface area (Å²) >= 11 is 7.51. The van der Waals surface area contributed by atoms with E-state index >= 15 is 0 Å². The summed E-state index contributed by atoms with van der Waals surface area (Å²) in [5.74, 6) is 1.32. The number of benzene rings is 4. The zero-order chi connectivity index (χ0) is 25.4. The lowest BCUT2D eigenvalue weighted by molar-refractivity contribution is 0.267. The molecule has 0 aromatic heterocycles. The fourth-order valence-corrected chi connectivity index (χ4v) is 5.56. The molecule has 2 aliphatic rings. The highest BCUT2D eigenvalue weighted by Gasteiger charge is 2.37. The minimum Gasteiger partial charge on any atom is -0.497 e. The third-order valence-corrected chi connectivity index (χ3v) is 7.65. The smallest absolute Gasteiger partial charge is 0.311 e. The first-order valence-electron chi connectivity index (χ1n) is 11.9. The van der Waals surface area contributed by atoms with Crippen molar-refractivity contribution < 1.29 is 9.53 Å². The van der Waals surface area contributed by atoms with E-state index in [0.29, 0.717) is 17.3 Å². The van der Waals surface area contributed by atoms with Crippen molar-refractivity contribution in [3.05, 3.63) is 118 Å². The molecule has 1 atom stereocenters. The third kappa shape index (κ3) is 4.66. The van der Waals surface area contributed by atoms with Gasteiger partial charge in [0, 0.05) is 11.4 Å². The number of amides is 1. The van der Waals surface area contributed by atoms with Gasteiger partial charge in [-0.05, 0) is 69.6 Å². The molecule has 0 saturated heterocycles.